The number of alkyl halides is 3. The fourth-order valence-electron chi connectivity index (χ4n) is 2.41. The Balaban J connectivity index is 2.24. The molecule has 23 heavy (non-hydrogen) atoms. The molecule has 0 spiro atoms. The van der Waals surface area contributed by atoms with E-state index < -0.39 is 35.6 Å². The number of halogens is 3. The van der Waals surface area contributed by atoms with Crippen molar-refractivity contribution in [3.63, 3.8) is 0 Å². The number of nitrogens with one attached hydrogen (secondary N) is 1. The summed E-state index contributed by atoms with van der Waals surface area (Å²) in [5, 5.41) is 2.64. The third-order valence-corrected chi connectivity index (χ3v) is 3.43. The zero-order chi connectivity index (χ0) is 17.4. The maximum atomic E-state index is 12.8. The standard InChI is InChI=1S/C16H20F3NO3/c1-9-12-7-10(16(17,18)19)5-6-11(12)13(8-22-9)20-14(21)23-15(2,3)4/h5-7,9,13H,8H2,1-4H3,(H,20,21)/t9-,13+/m1/s1. The van der Waals surface area contributed by atoms with Crippen molar-refractivity contribution in [2.45, 2.75) is 51.6 Å². The Kier molecular flexibility index (Phi) is 4.61. The molecule has 7 heteroatoms. The van der Waals surface area contributed by atoms with E-state index >= 15 is 0 Å². The van der Waals surface area contributed by atoms with Crippen molar-refractivity contribution in [2.75, 3.05) is 6.61 Å². The van der Waals surface area contributed by atoms with Crippen molar-refractivity contribution in [2.24, 2.45) is 0 Å². The summed E-state index contributed by atoms with van der Waals surface area (Å²) >= 11 is 0. The van der Waals surface area contributed by atoms with Crippen molar-refractivity contribution in [1.82, 2.24) is 5.32 Å². The Bertz CT molecular complexity index is 593. The van der Waals surface area contributed by atoms with Crippen LogP contribution in [-0.2, 0) is 15.7 Å². The predicted molar refractivity (Wildman–Crippen MR) is 77.9 cm³/mol. The molecular formula is C16H20F3NO3. The average molecular weight is 331 g/mol. The maximum absolute atomic E-state index is 12.8. The molecule has 0 radical (unpaired) electrons. The van der Waals surface area contributed by atoms with Crippen LogP contribution in [0.3, 0.4) is 0 Å². The zero-order valence-corrected chi connectivity index (χ0v) is 13.5. The van der Waals surface area contributed by atoms with Gasteiger partial charge < -0.3 is 14.8 Å². The molecule has 0 fully saturated rings. The van der Waals surface area contributed by atoms with E-state index in [0.717, 1.165) is 12.1 Å². The molecular weight excluding hydrogens is 311 g/mol. The van der Waals surface area contributed by atoms with Crippen LogP contribution in [0.4, 0.5) is 18.0 Å². The highest BCUT2D eigenvalue weighted by Crippen LogP contribution is 2.37. The van der Waals surface area contributed by atoms with Gasteiger partial charge in [0.05, 0.1) is 24.3 Å². The Morgan fingerprint density at radius 3 is 2.48 bits per heavy atom. The number of rotatable bonds is 1. The first-order chi connectivity index (χ1) is 10.5. The van der Waals surface area contributed by atoms with E-state index in [1.54, 1.807) is 27.7 Å². The molecule has 128 valence electrons. The van der Waals surface area contributed by atoms with Gasteiger partial charge in [-0.15, -0.1) is 0 Å². The molecule has 1 aliphatic rings. The van der Waals surface area contributed by atoms with Crippen LogP contribution in [-0.4, -0.2) is 18.3 Å². The van der Waals surface area contributed by atoms with E-state index in [4.69, 9.17) is 9.47 Å². The topological polar surface area (TPSA) is 47.6 Å². The van der Waals surface area contributed by atoms with Gasteiger partial charge in [-0.2, -0.15) is 13.2 Å². The van der Waals surface area contributed by atoms with Gasteiger partial charge in [0.25, 0.3) is 0 Å². The quantitative estimate of drug-likeness (QED) is 0.831. The molecule has 0 saturated carbocycles. The molecule has 2 rings (SSSR count). The van der Waals surface area contributed by atoms with Crippen LogP contribution in [0.15, 0.2) is 18.2 Å². The van der Waals surface area contributed by atoms with Crippen LogP contribution in [0.25, 0.3) is 0 Å². The van der Waals surface area contributed by atoms with Crippen molar-refractivity contribution >= 4 is 6.09 Å². The highest BCUT2D eigenvalue weighted by atomic mass is 19.4. The van der Waals surface area contributed by atoms with E-state index in [0.29, 0.717) is 11.1 Å². The first-order valence-electron chi connectivity index (χ1n) is 7.29. The summed E-state index contributed by atoms with van der Waals surface area (Å²) < 4.78 is 49.2. The molecule has 4 nitrogen and oxygen atoms in total. The van der Waals surface area contributed by atoms with Gasteiger partial charge in [0.2, 0.25) is 0 Å². The van der Waals surface area contributed by atoms with Gasteiger partial charge in [-0.05, 0) is 51.0 Å². The second-order valence-electron chi connectivity index (χ2n) is 6.52. The average Bonchev–Trinajstić information content (AvgIpc) is 2.38. The van der Waals surface area contributed by atoms with Gasteiger partial charge in [0.1, 0.15) is 5.60 Å². The minimum absolute atomic E-state index is 0.179. The molecule has 0 unspecified atom stereocenters. The maximum Gasteiger partial charge on any atom is 0.416 e. The summed E-state index contributed by atoms with van der Waals surface area (Å²) in [5.41, 5.74) is -0.352. The highest BCUT2D eigenvalue weighted by molar-refractivity contribution is 5.68. The lowest BCUT2D eigenvalue weighted by atomic mass is 9.93. The fourth-order valence-corrected chi connectivity index (χ4v) is 2.41. The van der Waals surface area contributed by atoms with Crippen LogP contribution < -0.4 is 5.32 Å². The van der Waals surface area contributed by atoms with Gasteiger partial charge in [-0.25, -0.2) is 4.79 Å². The van der Waals surface area contributed by atoms with E-state index in [9.17, 15) is 18.0 Å². The molecule has 0 bridgehead atoms. The number of amides is 1. The van der Waals surface area contributed by atoms with Crippen molar-refractivity contribution < 1.29 is 27.4 Å². The number of carbonyl (C=O) groups excluding carboxylic acids is 1. The van der Waals surface area contributed by atoms with E-state index in [1.165, 1.54) is 6.07 Å². The van der Waals surface area contributed by atoms with Crippen molar-refractivity contribution in [1.29, 1.82) is 0 Å². The molecule has 2 atom stereocenters. The monoisotopic (exact) mass is 331 g/mol. The summed E-state index contributed by atoms with van der Waals surface area (Å²) in [6.07, 6.45) is -5.52. The summed E-state index contributed by atoms with van der Waals surface area (Å²) in [4.78, 5) is 11.9. The summed E-state index contributed by atoms with van der Waals surface area (Å²) in [6, 6.07) is 2.93. The van der Waals surface area contributed by atoms with Gasteiger partial charge >= 0.3 is 12.3 Å². The molecule has 0 aliphatic carbocycles. The summed E-state index contributed by atoms with van der Waals surface area (Å²) in [7, 11) is 0. The number of ether oxygens (including phenoxy) is 2. The molecule has 1 aromatic rings. The normalized spacial score (nSPS) is 21.5. The zero-order valence-electron chi connectivity index (χ0n) is 13.5. The molecule has 1 heterocycles. The van der Waals surface area contributed by atoms with E-state index in [-0.39, 0.29) is 6.61 Å². The largest absolute Gasteiger partial charge is 0.444 e. The van der Waals surface area contributed by atoms with Crippen LogP contribution in [0.5, 0.6) is 0 Å². The van der Waals surface area contributed by atoms with Gasteiger partial charge in [-0.3, -0.25) is 0 Å². The number of fused-ring (bicyclic) bond motifs is 1. The third-order valence-electron chi connectivity index (χ3n) is 3.43. The lowest BCUT2D eigenvalue weighted by molar-refractivity contribution is -0.137. The molecule has 1 aromatic carbocycles. The molecule has 0 aromatic heterocycles. The first-order valence-corrected chi connectivity index (χ1v) is 7.29. The Hall–Kier alpha value is -1.76. The van der Waals surface area contributed by atoms with E-state index in [2.05, 4.69) is 5.32 Å². The second kappa shape index (κ2) is 6.03. The molecule has 0 saturated heterocycles. The third kappa shape index (κ3) is 4.37. The molecule has 1 amide bonds. The predicted octanol–water partition coefficient (Wildman–Crippen LogP) is 4.36. The number of benzene rings is 1. The lowest BCUT2D eigenvalue weighted by Crippen LogP contribution is -2.38. The van der Waals surface area contributed by atoms with Gasteiger partial charge in [0.15, 0.2) is 0 Å². The van der Waals surface area contributed by atoms with Crippen LogP contribution in [0.1, 0.15) is 56.5 Å². The van der Waals surface area contributed by atoms with E-state index in [1.807, 2.05) is 0 Å². The Morgan fingerprint density at radius 2 is 1.91 bits per heavy atom. The minimum atomic E-state index is -4.42. The van der Waals surface area contributed by atoms with Crippen molar-refractivity contribution in [3.05, 3.63) is 34.9 Å². The number of alkyl carbamates (subject to hydrolysis) is 1. The SMILES string of the molecule is C[C@H]1OC[C@H](NC(=O)OC(C)(C)C)c2ccc(C(F)(F)F)cc21. The minimum Gasteiger partial charge on any atom is -0.444 e. The van der Waals surface area contributed by atoms with Crippen LogP contribution in [0, 0.1) is 0 Å². The molecule has 1 N–H and O–H groups in total. The fraction of sp³-hybridized carbons (Fsp3) is 0.562. The number of hydrogen-bond donors (Lipinski definition) is 1. The Morgan fingerprint density at radius 1 is 1.26 bits per heavy atom. The van der Waals surface area contributed by atoms with Gasteiger partial charge in [-0.1, -0.05) is 6.07 Å². The number of hydrogen-bond acceptors (Lipinski definition) is 3. The van der Waals surface area contributed by atoms with Gasteiger partial charge in [0, 0.05) is 0 Å². The smallest absolute Gasteiger partial charge is 0.416 e. The summed E-state index contributed by atoms with van der Waals surface area (Å²) in [6.45, 7) is 7.06. The van der Waals surface area contributed by atoms with Crippen LogP contribution in [0.2, 0.25) is 0 Å². The lowest BCUT2D eigenvalue weighted by Gasteiger charge is -2.32. The van der Waals surface area contributed by atoms with Crippen LogP contribution >= 0.6 is 0 Å². The summed E-state index contributed by atoms with van der Waals surface area (Å²) in [5.74, 6) is 0. The Labute approximate surface area is 133 Å². The molecule has 1 aliphatic heterocycles. The first kappa shape index (κ1) is 17.6. The second-order valence-corrected chi connectivity index (χ2v) is 6.52. The van der Waals surface area contributed by atoms with Crippen molar-refractivity contribution in [3.8, 4) is 0 Å². The number of carbonyl (C=O) groups is 1. The highest BCUT2D eigenvalue weighted by Gasteiger charge is 2.34.